The van der Waals surface area contributed by atoms with Crippen molar-refractivity contribution in [2.75, 3.05) is 0 Å². The summed E-state index contributed by atoms with van der Waals surface area (Å²) in [5, 5.41) is 8.50. The summed E-state index contributed by atoms with van der Waals surface area (Å²) in [6.45, 7) is 2.17. The first-order chi connectivity index (χ1) is 10.2. The van der Waals surface area contributed by atoms with Crippen molar-refractivity contribution >= 4 is 5.97 Å². The van der Waals surface area contributed by atoms with E-state index in [0.717, 1.165) is 51.4 Å². The third-order valence-electron chi connectivity index (χ3n) is 3.69. The number of hydrogen-bond acceptors (Lipinski definition) is 1. The zero-order valence-corrected chi connectivity index (χ0v) is 13.7. The maximum Gasteiger partial charge on any atom is 0.303 e. The van der Waals surface area contributed by atoms with Crippen molar-refractivity contribution < 1.29 is 14.3 Å². The molecule has 0 saturated heterocycles. The molecule has 0 rings (SSSR count). The van der Waals surface area contributed by atoms with Crippen LogP contribution in [0.2, 0.25) is 0 Å². The molecule has 0 aliphatic heterocycles. The van der Waals surface area contributed by atoms with Crippen molar-refractivity contribution in [3.8, 4) is 0 Å². The molecule has 1 atom stereocenters. The van der Waals surface area contributed by atoms with Gasteiger partial charge in [-0.15, -0.1) is 0 Å². The zero-order valence-electron chi connectivity index (χ0n) is 13.7. The van der Waals surface area contributed by atoms with E-state index in [1.807, 2.05) is 6.08 Å². The van der Waals surface area contributed by atoms with Crippen molar-refractivity contribution in [3.05, 3.63) is 12.2 Å². The second kappa shape index (κ2) is 15.5. The first-order valence-electron chi connectivity index (χ1n) is 8.67. The van der Waals surface area contributed by atoms with E-state index in [-0.39, 0.29) is 6.42 Å². The number of rotatable bonds is 15. The first-order valence-corrected chi connectivity index (χ1v) is 8.67. The second-order valence-electron chi connectivity index (χ2n) is 5.85. The molecule has 0 radical (unpaired) electrons. The fraction of sp³-hybridized carbons (Fsp3) is 0.833. The number of aliphatic carboxylic acids is 1. The molecule has 0 fully saturated rings. The molecule has 0 aromatic carbocycles. The lowest BCUT2D eigenvalue weighted by molar-refractivity contribution is -0.137. The SMILES string of the molecule is CCCCCC[C@H](F)C/C=C\CCCCCCCC(=O)O. The summed E-state index contributed by atoms with van der Waals surface area (Å²) in [6, 6.07) is 0. The molecular formula is C18H33FO2. The van der Waals surface area contributed by atoms with Gasteiger partial charge in [0, 0.05) is 6.42 Å². The first kappa shape index (κ1) is 20.1. The van der Waals surface area contributed by atoms with Crippen LogP contribution in [0.1, 0.15) is 90.4 Å². The maximum absolute atomic E-state index is 13.5. The number of hydrogen-bond donors (Lipinski definition) is 1. The highest BCUT2D eigenvalue weighted by Crippen LogP contribution is 2.12. The summed E-state index contributed by atoms with van der Waals surface area (Å²) in [6.07, 6.45) is 15.7. The summed E-state index contributed by atoms with van der Waals surface area (Å²) in [7, 11) is 0. The van der Waals surface area contributed by atoms with Gasteiger partial charge in [0.1, 0.15) is 6.17 Å². The zero-order chi connectivity index (χ0) is 15.8. The topological polar surface area (TPSA) is 37.3 Å². The standard InChI is InChI=1S/C18H33FO2/c1-2-3-4-11-14-17(19)15-12-9-7-5-6-8-10-13-16-18(20)21/h9,12,17H,2-8,10-11,13-16H2,1H3,(H,20,21)/b12-9-/t17-/m0/s1. The van der Waals surface area contributed by atoms with Gasteiger partial charge in [0.25, 0.3) is 0 Å². The molecule has 0 spiro atoms. The van der Waals surface area contributed by atoms with Gasteiger partial charge in [0.15, 0.2) is 0 Å². The van der Waals surface area contributed by atoms with Crippen molar-refractivity contribution in [1.82, 2.24) is 0 Å². The number of unbranched alkanes of at least 4 members (excludes halogenated alkanes) is 8. The Hall–Kier alpha value is -0.860. The van der Waals surface area contributed by atoms with E-state index in [2.05, 4.69) is 13.0 Å². The summed E-state index contributed by atoms with van der Waals surface area (Å²) in [5.41, 5.74) is 0. The summed E-state index contributed by atoms with van der Waals surface area (Å²) < 4.78 is 13.5. The molecule has 0 aliphatic carbocycles. The van der Waals surface area contributed by atoms with Gasteiger partial charge in [-0.2, -0.15) is 0 Å². The molecule has 2 nitrogen and oxygen atoms in total. The number of carboxylic acid groups (broad SMARTS) is 1. The van der Waals surface area contributed by atoms with Crippen LogP contribution in [0, 0.1) is 0 Å². The Balaban J connectivity index is 3.26. The third kappa shape index (κ3) is 17.1. The Bertz CT molecular complexity index is 264. The highest BCUT2D eigenvalue weighted by Gasteiger charge is 2.02. The lowest BCUT2D eigenvalue weighted by Crippen LogP contribution is -1.97. The molecular weight excluding hydrogens is 267 g/mol. The molecule has 0 bridgehead atoms. The Kier molecular flexibility index (Phi) is 14.9. The average Bonchev–Trinajstić information content (AvgIpc) is 2.45. The molecule has 1 N–H and O–H groups in total. The minimum Gasteiger partial charge on any atom is -0.481 e. The van der Waals surface area contributed by atoms with E-state index in [1.165, 1.54) is 12.8 Å². The molecule has 21 heavy (non-hydrogen) atoms. The fourth-order valence-electron chi connectivity index (χ4n) is 2.34. The number of carbonyl (C=O) groups is 1. The predicted molar refractivity (Wildman–Crippen MR) is 87.4 cm³/mol. The number of halogens is 1. The van der Waals surface area contributed by atoms with Gasteiger partial charge < -0.3 is 5.11 Å². The minimum absolute atomic E-state index is 0.288. The lowest BCUT2D eigenvalue weighted by Gasteiger charge is -2.04. The van der Waals surface area contributed by atoms with Crippen LogP contribution in [0.3, 0.4) is 0 Å². The smallest absolute Gasteiger partial charge is 0.303 e. The normalized spacial score (nSPS) is 12.9. The van der Waals surface area contributed by atoms with Gasteiger partial charge in [-0.05, 0) is 32.1 Å². The molecule has 0 aliphatic rings. The molecule has 0 amide bonds. The quantitative estimate of drug-likeness (QED) is 0.295. The Morgan fingerprint density at radius 1 is 1.00 bits per heavy atom. The molecule has 0 heterocycles. The maximum atomic E-state index is 13.5. The predicted octanol–water partition coefficient (Wildman–Crippen LogP) is 6.06. The van der Waals surface area contributed by atoms with Crippen LogP contribution < -0.4 is 0 Å². The van der Waals surface area contributed by atoms with Crippen LogP contribution in [0.4, 0.5) is 4.39 Å². The van der Waals surface area contributed by atoms with Crippen LogP contribution in [0.5, 0.6) is 0 Å². The molecule has 0 aromatic rings. The van der Waals surface area contributed by atoms with Gasteiger partial charge >= 0.3 is 5.97 Å². The van der Waals surface area contributed by atoms with Crippen LogP contribution in [-0.4, -0.2) is 17.2 Å². The van der Waals surface area contributed by atoms with Gasteiger partial charge in [-0.3, -0.25) is 4.79 Å². The third-order valence-corrected chi connectivity index (χ3v) is 3.69. The van der Waals surface area contributed by atoms with Gasteiger partial charge in [-0.25, -0.2) is 4.39 Å². The monoisotopic (exact) mass is 300 g/mol. The molecule has 0 unspecified atom stereocenters. The van der Waals surface area contributed by atoms with E-state index in [0.29, 0.717) is 12.8 Å². The molecule has 3 heteroatoms. The van der Waals surface area contributed by atoms with Crippen LogP contribution in [0.15, 0.2) is 12.2 Å². The van der Waals surface area contributed by atoms with Crippen molar-refractivity contribution in [3.63, 3.8) is 0 Å². The Morgan fingerprint density at radius 3 is 2.38 bits per heavy atom. The van der Waals surface area contributed by atoms with Crippen molar-refractivity contribution in [1.29, 1.82) is 0 Å². The minimum atomic E-state index is -0.701. The van der Waals surface area contributed by atoms with Gasteiger partial charge in [-0.1, -0.05) is 64.0 Å². The van der Waals surface area contributed by atoms with E-state index >= 15 is 0 Å². The van der Waals surface area contributed by atoms with Crippen molar-refractivity contribution in [2.45, 2.75) is 96.6 Å². The van der Waals surface area contributed by atoms with Gasteiger partial charge in [0.2, 0.25) is 0 Å². The van der Waals surface area contributed by atoms with Gasteiger partial charge in [0.05, 0.1) is 0 Å². The van der Waals surface area contributed by atoms with E-state index < -0.39 is 12.1 Å². The lowest BCUT2D eigenvalue weighted by atomic mass is 10.1. The number of allylic oxidation sites excluding steroid dienone is 2. The molecule has 0 saturated carbocycles. The fourth-order valence-corrected chi connectivity index (χ4v) is 2.34. The Morgan fingerprint density at radius 2 is 1.67 bits per heavy atom. The van der Waals surface area contributed by atoms with Crippen LogP contribution in [0.25, 0.3) is 0 Å². The van der Waals surface area contributed by atoms with Crippen LogP contribution in [-0.2, 0) is 4.79 Å². The molecule has 0 aromatic heterocycles. The summed E-state index contributed by atoms with van der Waals surface area (Å²) in [4.78, 5) is 10.3. The highest BCUT2D eigenvalue weighted by atomic mass is 19.1. The van der Waals surface area contributed by atoms with E-state index in [1.54, 1.807) is 0 Å². The van der Waals surface area contributed by atoms with E-state index in [4.69, 9.17) is 5.11 Å². The largest absolute Gasteiger partial charge is 0.481 e. The summed E-state index contributed by atoms with van der Waals surface area (Å²) >= 11 is 0. The number of carboxylic acids is 1. The average molecular weight is 300 g/mol. The number of alkyl halides is 1. The molecule has 124 valence electrons. The van der Waals surface area contributed by atoms with E-state index in [9.17, 15) is 9.18 Å². The second-order valence-corrected chi connectivity index (χ2v) is 5.85. The van der Waals surface area contributed by atoms with Crippen molar-refractivity contribution in [2.24, 2.45) is 0 Å². The summed E-state index contributed by atoms with van der Waals surface area (Å²) in [5.74, 6) is -0.701. The Labute approximate surface area is 129 Å². The highest BCUT2D eigenvalue weighted by molar-refractivity contribution is 5.66. The van der Waals surface area contributed by atoms with Crippen LogP contribution >= 0.6 is 0 Å².